The summed E-state index contributed by atoms with van der Waals surface area (Å²) in [6.45, 7) is 0.462. The van der Waals surface area contributed by atoms with Crippen molar-refractivity contribution >= 4 is 17.5 Å². The lowest BCUT2D eigenvalue weighted by Gasteiger charge is -2.33. The Hall–Kier alpha value is -1.31. The number of amides is 1. The van der Waals surface area contributed by atoms with E-state index in [0.29, 0.717) is 16.5 Å². The number of benzene rings is 1. The van der Waals surface area contributed by atoms with Crippen LogP contribution in [-0.4, -0.2) is 50.0 Å². The molecule has 1 aliphatic rings. The molecule has 0 saturated carbocycles. The quantitative estimate of drug-likeness (QED) is 0.851. The Morgan fingerprint density at radius 3 is 2.45 bits per heavy atom. The van der Waals surface area contributed by atoms with Crippen LogP contribution in [0.3, 0.4) is 0 Å². The largest absolute Gasteiger partial charge is 0.413 e. The number of hydrogen-bond acceptors (Lipinski definition) is 3. The maximum atomic E-state index is 13.4. The Morgan fingerprint density at radius 1 is 1.32 bits per heavy atom. The van der Waals surface area contributed by atoms with E-state index in [9.17, 15) is 18.0 Å². The van der Waals surface area contributed by atoms with Gasteiger partial charge in [-0.05, 0) is 17.7 Å². The summed E-state index contributed by atoms with van der Waals surface area (Å²) in [6, 6.07) is 3.15. The zero-order chi connectivity index (χ0) is 16.3. The number of carbonyl (C=O) groups excluding carboxylic acids is 1. The Kier molecular flexibility index (Phi) is 5.31. The van der Waals surface area contributed by atoms with Gasteiger partial charge in [0.1, 0.15) is 0 Å². The van der Waals surface area contributed by atoms with Gasteiger partial charge < -0.3 is 14.4 Å². The van der Waals surface area contributed by atoms with E-state index in [0.717, 1.165) is 7.05 Å². The lowest BCUT2D eigenvalue weighted by Crippen LogP contribution is -2.48. The summed E-state index contributed by atoms with van der Waals surface area (Å²) in [4.78, 5) is 12.9. The third-order valence-corrected chi connectivity index (χ3v) is 3.57. The molecule has 1 aliphatic heterocycles. The number of halogens is 4. The van der Waals surface area contributed by atoms with Crippen LogP contribution in [0.2, 0.25) is 5.02 Å². The van der Waals surface area contributed by atoms with Gasteiger partial charge in [-0.1, -0.05) is 23.7 Å². The van der Waals surface area contributed by atoms with Crippen molar-refractivity contribution in [1.29, 1.82) is 0 Å². The summed E-state index contributed by atoms with van der Waals surface area (Å²) >= 11 is 5.70. The van der Waals surface area contributed by atoms with Crippen LogP contribution in [0.15, 0.2) is 24.3 Å². The number of carbonyl (C=O) groups is 1. The molecule has 2 rings (SSSR count). The normalized spacial score (nSPS) is 20.5. The molecule has 8 heteroatoms. The molecule has 1 heterocycles. The van der Waals surface area contributed by atoms with Gasteiger partial charge in [-0.2, -0.15) is 13.2 Å². The number of alkyl halides is 3. The zero-order valence-corrected chi connectivity index (χ0v) is 12.5. The molecule has 1 amide bonds. The van der Waals surface area contributed by atoms with Gasteiger partial charge in [-0.15, -0.1) is 0 Å². The van der Waals surface area contributed by atoms with E-state index >= 15 is 0 Å². The topological polar surface area (TPSA) is 38.8 Å². The molecule has 0 aromatic heterocycles. The summed E-state index contributed by atoms with van der Waals surface area (Å²) in [6.07, 6.45) is -5.63. The molecule has 1 aromatic rings. The Morgan fingerprint density at radius 2 is 1.95 bits per heavy atom. The van der Waals surface area contributed by atoms with Crippen molar-refractivity contribution in [3.05, 3.63) is 34.9 Å². The number of hydrogen-bond donors (Lipinski definition) is 0. The van der Waals surface area contributed by atoms with Gasteiger partial charge >= 0.3 is 6.18 Å². The van der Waals surface area contributed by atoms with Gasteiger partial charge in [0.05, 0.1) is 19.8 Å². The van der Waals surface area contributed by atoms with Gasteiger partial charge in [0, 0.05) is 12.1 Å². The van der Waals surface area contributed by atoms with Crippen LogP contribution in [0.1, 0.15) is 11.6 Å². The van der Waals surface area contributed by atoms with E-state index in [2.05, 4.69) is 0 Å². The molecule has 1 aromatic carbocycles. The van der Waals surface area contributed by atoms with E-state index in [1.54, 1.807) is 0 Å². The molecule has 0 radical (unpaired) electrons. The molecule has 0 bridgehead atoms. The Balaban J connectivity index is 2.24. The van der Waals surface area contributed by atoms with Crippen LogP contribution < -0.4 is 0 Å². The van der Waals surface area contributed by atoms with Crippen LogP contribution >= 0.6 is 11.6 Å². The van der Waals surface area contributed by atoms with Crippen molar-refractivity contribution in [2.24, 2.45) is 0 Å². The van der Waals surface area contributed by atoms with Gasteiger partial charge in [-0.3, -0.25) is 4.79 Å². The Labute approximate surface area is 130 Å². The Bertz CT molecular complexity index is 515. The predicted octanol–water partition coefficient (Wildman–Crippen LogP) is 2.82. The predicted molar refractivity (Wildman–Crippen MR) is 73.6 cm³/mol. The van der Waals surface area contributed by atoms with Gasteiger partial charge in [0.25, 0.3) is 5.91 Å². The number of ether oxygens (including phenoxy) is 2. The van der Waals surface area contributed by atoms with Gasteiger partial charge in [0.15, 0.2) is 12.1 Å². The van der Waals surface area contributed by atoms with Crippen LogP contribution in [-0.2, 0) is 14.3 Å². The van der Waals surface area contributed by atoms with Crippen molar-refractivity contribution in [3.63, 3.8) is 0 Å². The molecular formula is C14H15ClF3NO3. The summed E-state index contributed by atoms with van der Waals surface area (Å²) in [7, 11) is 1.10. The maximum absolute atomic E-state index is 13.4. The third kappa shape index (κ3) is 3.91. The molecule has 0 spiro atoms. The number of nitrogens with zero attached hydrogens (tertiary/aromatic N) is 1. The highest BCUT2D eigenvalue weighted by Crippen LogP contribution is 2.37. The first-order valence-corrected chi connectivity index (χ1v) is 6.96. The van der Waals surface area contributed by atoms with Crippen molar-refractivity contribution < 1.29 is 27.4 Å². The second kappa shape index (κ2) is 6.85. The zero-order valence-electron chi connectivity index (χ0n) is 11.8. The van der Waals surface area contributed by atoms with E-state index in [1.165, 1.54) is 24.3 Å². The average molecular weight is 338 g/mol. The number of likely N-dealkylation sites (N-methyl/N-ethyl adjacent to an activating group) is 1. The van der Waals surface area contributed by atoms with Gasteiger partial charge in [-0.25, -0.2) is 0 Å². The van der Waals surface area contributed by atoms with Crippen LogP contribution in [0.25, 0.3) is 0 Å². The summed E-state index contributed by atoms with van der Waals surface area (Å²) in [5, 5.41) is 0.322. The summed E-state index contributed by atoms with van der Waals surface area (Å²) < 4.78 is 50.4. The molecular weight excluding hydrogens is 323 g/mol. The highest BCUT2D eigenvalue weighted by molar-refractivity contribution is 6.30. The van der Waals surface area contributed by atoms with E-state index in [1.807, 2.05) is 0 Å². The molecule has 0 unspecified atom stereocenters. The lowest BCUT2D eigenvalue weighted by molar-refractivity contribution is -0.197. The maximum Gasteiger partial charge on any atom is 0.413 e. The highest BCUT2D eigenvalue weighted by atomic mass is 35.5. The first kappa shape index (κ1) is 17.1. The van der Waals surface area contributed by atoms with Gasteiger partial charge in [0.2, 0.25) is 0 Å². The van der Waals surface area contributed by atoms with Crippen LogP contribution in [0, 0.1) is 0 Å². The van der Waals surface area contributed by atoms with E-state index in [4.69, 9.17) is 21.1 Å². The second-order valence-electron chi connectivity index (χ2n) is 4.88. The summed E-state index contributed by atoms with van der Waals surface area (Å²) in [5.74, 6) is -0.767. The van der Waals surface area contributed by atoms with Crippen molar-refractivity contribution in [1.82, 2.24) is 4.90 Å². The molecule has 0 aliphatic carbocycles. The van der Waals surface area contributed by atoms with Crippen LogP contribution in [0.5, 0.6) is 0 Å². The first-order chi connectivity index (χ1) is 10.3. The van der Waals surface area contributed by atoms with Crippen molar-refractivity contribution in [2.75, 3.05) is 26.9 Å². The standard InChI is InChI=1S/C14H15ClF3NO3/c1-19(13(20)11-8-21-6-7-22-11)12(14(16,17)18)9-2-4-10(15)5-3-9/h2-5,11-12H,6-8H2,1H3/t11-,12-/m1/s1. The van der Waals surface area contributed by atoms with E-state index in [-0.39, 0.29) is 18.8 Å². The minimum atomic E-state index is -4.62. The molecule has 22 heavy (non-hydrogen) atoms. The monoisotopic (exact) mass is 337 g/mol. The average Bonchev–Trinajstić information content (AvgIpc) is 2.48. The fourth-order valence-corrected chi connectivity index (χ4v) is 2.39. The fourth-order valence-electron chi connectivity index (χ4n) is 2.26. The lowest BCUT2D eigenvalue weighted by atomic mass is 10.0. The first-order valence-electron chi connectivity index (χ1n) is 6.59. The molecule has 1 saturated heterocycles. The molecule has 4 nitrogen and oxygen atoms in total. The molecule has 0 N–H and O–H groups in total. The molecule has 1 fully saturated rings. The SMILES string of the molecule is CN(C(=O)[C@H]1COCCO1)[C@H](c1ccc(Cl)cc1)C(F)(F)F. The highest BCUT2D eigenvalue weighted by Gasteiger charge is 2.46. The van der Waals surface area contributed by atoms with Crippen molar-refractivity contribution in [2.45, 2.75) is 18.3 Å². The minimum Gasteiger partial charge on any atom is -0.376 e. The van der Waals surface area contributed by atoms with Crippen LogP contribution in [0.4, 0.5) is 13.2 Å². The second-order valence-corrected chi connectivity index (χ2v) is 5.32. The third-order valence-electron chi connectivity index (χ3n) is 3.32. The minimum absolute atomic E-state index is 0.0473. The fraction of sp³-hybridized carbons (Fsp3) is 0.500. The molecule has 122 valence electrons. The number of rotatable bonds is 3. The summed E-state index contributed by atoms with van der Waals surface area (Å²) in [5.41, 5.74) is -0.0653. The molecule has 2 atom stereocenters. The van der Waals surface area contributed by atoms with E-state index < -0.39 is 24.2 Å². The smallest absolute Gasteiger partial charge is 0.376 e. The van der Waals surface area contributed by atoms with Crippen molar-refractivity contribution in [3.8, 4) is 0 Å².